The Kier molecular flexibility index (Phi) is 4.94. The number of sulfonamides is 1. The number of carbonyl (C=O) groups excluding carboxylic acids is 1. The van der Waals surface area contributed by atoms with Gasteiger partial charge in [-0.25, -0.2) is 13.2 Å². The van der Waals surface area contributed by atoms with E-state index in [1.807, 2.05) is 24.3 Å². The van der Waals surface area contributed by atoms with Crippen LogP contribution in [0.25, 0.3) is 10.9 Å². The number of hydrogen-bond donors (Lipinski definition) is 0. The number of pyridine rings is 1. The third-order valence-corrected chi connectivity index (χ3v) is 7.84. The molecule has 2 aliphatic heterocycles. The maximum Gasteiger partial charge on any atom is 0.414 e. The average molecular weight is 433 g/mol. The van der Waals surface area contributed by atoms with Crippen molar-refractivity contribution in [3.63, 3.8) is 0 Å². The predicted molar refractivity (Wildman–Crippen MR) is 118 cm³/mol. The molecule has 7 nitrogen and oxygen atoms in total. The van der Waals surface area contributed by atoms with Gasteiger partial charge in [-0.1, -0.05) is 35.8 Å². The maximum absolute atomic E-state index is 13.4. The van der Waals surface area contributed by atoms with Gasteiger partial charge in [-0.2, -0.15) is 4.31 Å². The smallest absolute Gasteiger partial charge is 0.414 e. The maximum atomic E-state index is 13.4. The Labute approximate surface area is 182 Å². The minimum absolute atomic E-state index is 0.146. The zero-order valence-electron chi connectivity index (χ0n) is 16.8. The van der Waals surface area contributed by atoms with E-state index in [2.05, 4.69) is 4.98 Å². The number of rotatable bonds is 3. The van der Waals surface area contributed by atoms with E-state index in [9.17, 15) is 13.2 Å². The Morgan fingerprint density at radius 3 is 2.65 bits per heavy atom. The summed E-state index contributed by atoms with van der Waals surface area (Å²) in [7, 11) is 2.16. The van der Waals surface area contributed by atoms with Crippen LogP contribution in [-0.2, 0) is 21.4 Å². The second-order valence-corrected chi connectivity index (χ2v) is 9.69. The highest BCUT2D eigenvalue weighted by Gasteiger charge is 2.37. The van der Waals surface area contributed by atoms with Crippen LogP contribution in [0.3, 0.4) is 0 Å². The summed E-state index contributed by atoms with van der Waals surface area (Å²) in [6.45, 7) is 0.811. The van der Waals surface area contributed by atoms with E-state index in [0.717, 1.165) is 16.6 Å². The van der Waals surface area contributed by atoms with Gasteiger partial charge in [0.1, 0.15) is 19.3 Å². The second-order valence-electron chi connectivity index (χ2n) is 7.78. The summed E-state index contributed by atoms with van der Waals surface area (Å²) >= 11 is 0. The van der Waals surface area contributed by atoms with Gasteiger partial charge in [0.15, 0.2) is 0 Å². The lowest BCUT2D eigenvalue weighted by atomic mass is 9.92. The summed E-state index contributed by atoms with van der Waals surface area (Å²) in [6.07, 6.45) is 2.21. The number of para-hydroxylation sites is 1. The molecule has 1 saturated heterocycles. The van der Waals surface area contributed by atoms with Crippen molar-refractivity contribution in [2.45, 2.75) is 30.4 Å². The van der Waals surface area contributed by atoms with Gasteiger partial charge >= 0.3 is 6.09 Å². The number of aromatic nitrogens is 1. The van der Waals surface area contributed by atoms with Crippen LogP contribution in [0.5, 0.6) is 0 Å². The lowest BCUT2D eigenvalue weighted by Gasteiger charge is -2.39. The number of fused-ring (bicyclic) bond motifs is 2. The monoisotopic (exact) mass is 433 g/mol. The zero-order chi connectivity index (χ0) is 21.6. The van der Waals surface area contributed by atoms with Gasteiger partial charge in [-0.3, -0.25) is 9.88 Å². The summed E-state index contributed by atoms with van der Waals surface area (Å²) < 4.78 is 33.5. The fourth-order valence-corrected chi connectivity index (χ4v) is 6.01. The normalized spacial score (nSPS) is 18.1. The van der Waals surface area contributed by atoms with Crippen molar-refractivity contribution in [1.82, 2.24) is 9.29 Å². The number of hydrogen-bond acceptors (Lipinski definition) is 5. The topological polar surface area (TPSA) is 79.8 Å². The molecule has 2 aromatic carbocycles. The Bertz CT molecular complexity index is 1270. The van der Waals surface area contributed by atoms with E-state index in [1.54, 1.807) is 35.4 Å². The second kappa shape index (κ2) is 7.65. The molecule has 0 atom stereocenters. The molecule has 3 aromatic rings. The summed E-state index contributed by atoms with van der Waals surface area (Å²) in [6, 6.07) is 14.1. The van der Waals surface area contributed by atoms with Crippen molar-refractivity contribution < 1.29 is 17.9 Å². The SMILES string of the molecule is [B]c1ccc2c(c1)COC(=O)N2C1CCN(S(=O)(=O)c2cccc3cccnc23)CC1. The third kappa shape index (κ3) is 3.47. The van der Waals surface area contributed by atoms with Crippen LogP contribution in [0.2, 0.25) is 0 Å². The highest BCUT2D eigenvalue weighted by atomic mass is 32.2. The quantitative estimate of drug-likeness (QED) is 0.593. The molecule has 2 aliphatic rings. The highest BCUT2D eigenvalue weighted by Crippen LogP contribution is 2.33. The zero-order valence-corrected chi connectivity index (χ0v) is 17.6. The van der Waals surface area contributed by atoms with E-state index < -0.39 is 16.1 Å². The first kappa shape index (κ1) is 20.0. The van der Waals surface area contributed by atoms with Crippen LogP contribution in [0.15, 0.2) is 59.6 Å². The summed E-state index contributed by atoms with van der Waals surface area (Å²) in [5.74, 6) is 0. The molecule has 0 bridgehead atoms. The van der Waals surface area contributed by atoms with Crippen molar-refractivity contribution in [3.8, 4) is 0 Å². The molecule has 0 unspecified atom stereocenters. The standard InChI is InChI=1S/C22H20BN3O4S/c23-17-6-7-19-16(13-17)14-30-22(27)26(19)18-8-11-25(12-9-18)31(28,29)20-5-1-3-15-4-2-10-24-21(15)20/h1-7,10,13,18H,8-9,11-12,14H2. The molecule has 0 saturated carbocycles. The van der Waals surface area contributed by atoms with E-state index in [0.29, 0.717) is 36.9 Å². The fraction of sp³-hybridized carbons (Fsp3) is 0.273. The number of amides is 1. The molecule has 2 radical (unpaired) electrons. The minimum atomic E-state index is -3.70. The summed E-state index contributed by atoms with van der Waals surface area (Å²) in [5, 5.41) is 0.783. The van der Waals surface area contributed by atoms with E-state index in [-0.39, 0.29) is 17.5 Å². The first-order chi connectivity index (χ1) is 14.9. The fourth-order valence-electron chi connectivity index (χ4n) is 4.37. The molecular weight excluding hydrogens is 413 g/mol. The number of carbonyl (C=O) groups is 1. The van der Waals surface area contributed by atoms with Crippen LogP contribution in [0.1, 0.15) is 18.4 Å². The number of nitrogens with zero attached hydrogens (tertiary/aromatic N) is 3. The third-order valence-electron chi connectivity index (χ3n) is 5.91. The molecule has 156 valence electrons. The lowest BCUT2D eigenvalue weighted by molar-refractivity contribution is 0.136. The molecule has 3 heterocycles. The Morgan fingerprint density at radius 1 is 1.06 bits per heavy atom. The van der Waals surface area contributed by atoms with Gasteiger partial charge in [0.2, 0.25) is 10.0 Å². The molecule has 5 rings (SSSR count). The van der Waals surface area contributed by atoms with Crippen LogP contribution >= 0.6 is 0 Å². The molecule has 0 N–H and O–H groups in total. The number of benzene rings is 2. The molecule has 31 heavy (non-hydrogen) atoms. The average Bonchev–Trinajstić information content (AvgIpc) is 2.79. The van der Waals surface area contributed by atoms with Gasteiger partial charge in [-0.05, 0) is 31.0 Å². The summed E-state index contributed by atoms with van der Waals surface area (Å²) in [5.41, 5.74) is 2.72. The van der Waals surface area contributed by atoms with Gasteiger partial charge < -0.3 is 4.74 Å². The van der Waals surface area contributed by atoms with Crippen molar-refractivity contribution in [2.75, 3.05) is 18.0 Å². The predicted octanol–water partition coefficient (Wildman–Crippen LogP) is 2.34. The molecule has 1 aromatic heterocycles. The van der Waals surface area contributed by atoms with Gasteiger partial charge in [-0.15, -0.1) is 0 Å². The summed E-state index contributed by atoms with van der Waals surface area (Å²) in [4.78, 5) is 18.7. The van der Waals surface area contributed by atoms with Crippen molar-refractivity contribution >= 4 is 46.0 Å². The Morgan fingerprint density at radius 2 is 1.84 bits per heavy atom. The van der Waals surface area contributed by atoms with Crippen molar-refractivity contribution in [2.24, 2.45) is 0 Å². The number of anilines is 1. The van der Waals surface area contributed by atoms with E-state index in [1.165, 1.54) is 4.31 Å². The van der Waals surface area contributed by atoms with E-state index in [4.69, 9.17) is 12.6 Å². The molecule has 0 spiro atoms. The minimum Gasteiger partial charge on any atom is -0.444 e. The Balaban J connectivity index is 1.39. The van der Waals surface area contributed by atoms with Crippen LogP contribution in [0, 0.1) is 0 Å². The number of cyclic esters (lactones) is 1. The van der Waals surface area contributed by atoms with Crippen LogP contribution in [-0.4, -0.2) is 50.8 Å². The largest absolute Gasteiger partial charge is 0.444 e. The first-order valence-electron chi connectivity index (χ1n) is 10.1. The van der Waals surface area contributed by atoms with Crippen LogP contribution in [0.4, 0.5) is 10.5 Å². The van der Waals surface area contributed by atoms with Gasteiger partial charge in [0.05, 0.1) is 11.2 Å². The van der Waals surface area contributed by atoms with Crippen LogP contribution < -0.4 is 10.4 Å². The molecule has 1 fully saturated rings. The number of piperidine rings is 1. The molecule has 9 heteroatoms. The van der Waals surface area contributed by atoms with Gasteiger partial charge in [0, 0.05) is 36.3 Å². The lowest BCUT2D eigenvalue weighted by Crippen LogP contribution is -2.50. The first-order valence-corrected chi connectivity index (χ1v) is 11.6. The van der Waals surface area contributed by atoms with Crippen molar-refractivity contribution in [3.05, 3.63) is 60.3 Å². The molecular formula is C22H20BN3O4S. The molecule has 1 amide bonds. The molecule has 0 aliphatic carbocycles. The van der Waals surface area contributed by atoms with Crippen molar-refractivity contribution in [1.29, 1.82) is 0 Å². The highest BCUT2D eigenvalue weighted by molar-refractivity contribution is 7.89. The van der Waals surface area contributed by atoms with E-state index >= 15 is 0 Å². The Hall–Kier alpha value is -2.91. The van der Waals surface area contributed by atoms with Gasteiger partial charge in [0.25, 0.3) is 0 Å². The number of ether oxygens (including phenoxy) is 1.